The lowest BCUT2D eigenvalue weighted by atomic mass is 9.89. The third-order valence-corrected chi connectivity index (χ3v) is 3.46. The van der Waals surface area contributed by atoms with E-state index in [0.29, 0.717) is 16.8 Å². The summed E-state index contributed by atoms with van der Waals surface area (Å²) < 4.78 is 10.6. The molecule has 0 unspecified atom stereocenters. The molecule has 0 amide bonds. The van der Waals surface area contributed by atoms with E-state index in [1.807, 2.05) is 0 Å². The molecule has 0 radical (unpaired) electrons. The highest BCUT2D eigenvalue weighted by Crippen LogP contribution is 2.26. The SMILES string of the molecule is O=C(Oc1ccc2ocnc2c1)C1CCCCC1. The van der Waals surface area contributed by atoms with Crippen LogP contribution in [0, 0.1) is 5.92 Å². The van der Waals surface area contributed by atoms with Gasteiger partial charge in [-0.2, -0.15) is 0 Å². The molecule has 2 aromatic rings. The van der Waals surface area contributed by atoms with Gasteiger partial charge in [0.05, 0.1) is 5.92 Å². The highest BCUT2D eigenvalue weighted by Gasteiger charge is 2.23. The Hall–Kier alpha value is -1.84. The second-order valence-corrected chi connectivity index (χ2v) is 4.74. The molecule has 4 nitrogen and oxygen atoms in total. The van der Waals surface area contributed by atoms with Gasteiger partial charge in [-0.3, -0.25) is 4.79 Å². The number of rotatable bonds is 2. The van der Waals surface area contributed by atoms with Gasteiger partial charge in [0.25, 0.3) is 0 Å². The number of nitrogens with zero attached hydrogens (tertiary/aromatic N) is 1. The van der Waals surface area contributed by atoms with Crippen LogP contribution in [0.3, 0.4) is 0 Å². The first-order valence-corrected chi connectivity index (χ1v) is 6.38. The second kappa shape index (κ2) is 4.80. The van der Waals surface area contributed by atoms with Crippen LogP contribution in [0.2, 0.25) is 0 Å². The van der Waals surface area contributed by atoms with E-state index in [1.54, 1.807) is 18.2 Å². The molecular formula is C14H15NO3. The third kappa shape index (κ3) is 2.23. The molecule has 0 spiro atoms. The Labute approximate surface area is 105 Å². The van der Waals surface area contributed by atoms with Crippen LogP contribution < -0.4 is 4.74 Å². The van der Waals surface area contributed by atoms with Crippen molar-refractivity contribution in [2.75, 3.05) is 0 Å². The van der Waals surface area contributed by atoms with E-state index in [1.165, 1.54) is 12.8 Å². The normalized spacial score (nSPS) is 16.9. The largest absolute Gasteiger partial charge is 0.443 e. The van der Waals surface area contributed by atoms with E-state index in [2.05, 4.69) is 4.98 Å². The molecule has 3 rings (SSSR count). The van der Waals surface area contributed by atoms with Crippen molar-refractivity contribution in [3.05, 3.63) is 24.6 Å². The molecule has 1 heterocycles. The van der Waals surface area contributed by atoms with Gasteiger partial charge in [-0.15, -0.1) is 0 Å². The molecular weight excluding hydrogens is 230 g/mol. The number of hydrogen-bond acceptors (Lipinski definition) is 4. The first-order chi connectivity index (χ1) is 8.83. The van der Waals surface area contributed by atoms with Crippen molar-refractivity contribution >= 4 is 17.1 Å². The van der Waals surface area contributed by atoms with E-state index < -0.39 is 0 Å². The zero-order valence-electron chi connectivity index (χ0n) is 10.1. The number of oxazole rings is 1. The van der Waals surface area contributed by atoms with Crippen molar-refractivity contribution in [1.29, 1.82) is 0 Å². The van der Waals surface area contributed by atoms with E-state index >= 15 is 0 Å². The van der Waals surface area contributed by atoms with Crippen molar-refractivity contribution in [3.8, 4) is 5.75 Å². The number of carbonyl (C=O) groups excluding carboxylic acids is 1. The smallest absolute Gasteiger partial charge is 0.314 e. The van der Waals surface area contributed by atoms with Gasteiger partial charge in [-0.1, -0.05) is 19.3 Å². The Morgan fingerprint density at radius 2 is 2.11 bits per heavy atom. The minimum Gasteiger partial charge on any atom is -0.443 e. The molecule has 1 saturated carbocycles. The highest BCUT2D eigenvalue weighted by atomic mass is 16.5. The van der Waals surface area contributed by atoms with Gasteiger partial charge in [0.1, 0.15) is 11.3 Å². The topological polar surface area (TPSA) is 52.3 Å². The minimum atomic E-state index is -0.113. The summed E-state index contributed by atoms with van der Waals surface area (Å²) in [6.45, 7) is 0. The zero-order chi connectivity index (χ0) is 12.4. The summed E-state index contributed by atoms with van der Waals surface area (Å²) >= 11 is 0. The highest BCUT2D eigenvalue weighted by molar-refractivity contribution is 5.78. The lowest BCUT2D eigenvalue weighted by molar-refractivity contribution is -0.139. The van der Waals surface area contributed by atoms with E-state index in [4.69, 9.17) is 9.15 Å². The van der Waals surface area contributed by atoms with E-state index in [-0.39, 0.29) is 11.9 Å². The fourth-order valence-electron chi connectivity index (χ4n) is 2.44. The summed E-state index contributed by atoms with van der Waals surface area (Å²) in [5.74, 6) is 0.497. The molecule has 1 aromatic carbocycles. The molecule has 0 aliphatic heterocycles. The lowest BCUT2D eigenvalue weighted by Gasteiger charge is -2.19. The first kappa shape index (κ1) is 11.3. The summed E-state index contributed by atoms with van der Waals surface area (Å²) in [6, 6.07) is 5.25. The standard InChI is InChI=1S/C14H15NO3/c16-14(10-4-2-1-3-5-10)18-11-6-7-13-12(8-11)15-9-17-13/h6-10H,1-5H2. The Balaban J connectivity index is 1.72. The molecule has 4 heteroatoms. The number of carbonyl (C=O) groups is 1. The molecule has 1 aromatic heterocycles. The van der Waals surface area contributed by atoms with Crippen molar-refractivity contribution in [2.24, 2.45) is 5.92 Å². The molecule has 18 heavy (non-hydrogen) atoms. The molecule has 94 valence electrons. The van der Waals surface area contributed by atoms with Gasteiger partial charge in [-0.05, 0) is 25.0 Å². The fourth-order valence-corrected chi connectivity index (χ4v) is 2.44. The molecule has 1 aliphatic rings. The van der Waals surface area contributed by atoms with Gasteiger partial charge < -0.3 is 9.15 Å². The number of aromatic nitrogens is 1. The first-order valence-electron chi connectivity index (χ1n) is 6.38. The number of hydrogen-bond donors (Lipinski definition) is 0. The Morgan fingerprint density at radius 1 is 1.28 bits per heavy atom. The number of benzene rings is 1. The number of fused-ring (bicyclic) bond motifs is 1. The lowest BCUT2D eigenvalue weighted by Crippen LogP contribution is -2.22. The van der Waals surface area contributed by atoms with Crippen LogP contribution in [0.4, 0.5) is 0 Å². The molecule has 1 fully saturated rings. The van der Waals surface area contributed by atoms with Gasteiger partial charge in [0.2, 0.25) is 0 Å². The Morgan fingerprint density at radius 3 is 2.94 bits per heavy atom. The minimum absolute atomic E-state index is 0.0618. The average Bonchev–Trinajstić information content (AvgIpc) is 2.87. The monoisotopic (exact) mass is 245 g/mol. The van der Waals surface area contributed by atoms with E-state index in [9.17, 15) is 4.79 Å². The maximum atomic E-state index is 12.0. The molecule has 0 atom stereocenters. The number of ether oxygens (including phenoxy) is 1. The Kier molecular flexibility index (Phi) is 3.00. The summed E-state index contributed by atoms with van der Waals surface area (Å²) in [5, 5.41) is 0. The van der Waals surface area contributed by atoms with Crippen LogP contribution in [-0.4, -0.2) is 11.0 Å². The predicted molar refractivity (Wildman–Crippen MR) is 66.2 cm³/mol. The van der Waals surface area contributed by atoms with Gasteiger partial charge in [0.15, 0.2) is 12.0 Å². The van der Waals surface area contributed by atoms with Crippen molar-refractivity contribution in [1.82, 2.24) is 4.98 Å². The van der Waals surface area contributed by atoms with Crippen molar-refractivity contribution in [3.63, 3.8) is 0 Å². The van der Waals surface area contributed by atoms with Gasteiger partial charge in [-0.25, -0.2) is 4.98 Å². The van der Waals surface area contributed by atoms with Crippen LogP contribution in [0.5, 0.6) is 5.75 Å². The quantitative estimate of drug-likeness (QED) is 0.601. The maximum absolute atomic E-state index is 12.0. The Bertz CT molecular complexity index is 555. The zero-order valence-corrected chi connectivity index (χ0v) is 10.1. The number of esters is 1. The molecule has 0 N–H and O–H groups in total. The van der Waals surface area contributed by atoms with Crippen molar-refractivity contribution < 1.29 is 13.9 Å². The molecule has 1 aliphatic carbocycles. The van der Waals surface area contributed by atoms with Crippen LogP contribution in [0.15, 0.2) is 29.0 Å². The van der Waals surface area contributed by atoms with Crippen LogP contribution in [0.1, 0.15) is 32.1 Å². The van der Waals surface area contributed by atoms with Gasteiger partial charge in [0, 0.05) is 6.07 Å². The maximum Gasteiger partial charge on any atom is 0.314 e. The molecule has 0 saturated heterocycles. The summed E-state index contributed by atoms with van der Waals surface area (Å²) in [7, 11) is 0. The third-order valence-electron chi connectivity index (χ3n) is 3.46. The summed E-state index contributed by atoms with van der Waals surface area (Å²) in [5.41, 5.74) is 1.41. The average molecular weight is 245 g/mol. The van der Waals surface area contributed by atoms with Crippen molar-refractivity contribution in [2.45, 2.75) is 32.1 Å². The van der Waals surface area contributed by atoms with E-state index in [0.717, 1.165) is 25.7 Å². The predicted octanol–water partition coefficient (Wildman–Crippen LogP) is 3.31. The van der Waals surface area contributed by atoms with Crippen LogP contribution in [-0.2, 0) is 4.79 Å². The molecule has 0 bridgehead atoms. The van der Waals surface area contributed by atoms with Gasteiger partial charge >= 0.3 is 5.97 Å². The fraction of sp³-hybridized carbons (Fsp3) is 0.429. The van der Waals surface area contributed by atoms with Crippen LogP contribution >= 0.6 is 0 Å². The van der Waals surface area contributed by atoms with Crippen LogP contribution in [0.25, 0.3) is 11.1 Å². The summed E-state index contributed by atoms with van der Waals surface area (Å²) in [6.07, 6.45) is 6.77. The summed E-state index contributed by atoms with van der Waals surface area (Å²) in [4.78, 5) is 16.0. The second-order valence-electron chi connectivity index (χ2n) is 4.74.